The van der Waals surface area contributed by atoms with E-state index < -0.39 is 0 Å². The minimum Gasteiger partial charge on any atom is -0.376 e. The van der Waals surface area contributed by atoms with Crippen LogP contribution in [0.2, 0.25) is 5.02 Å². The summed E-state index contributed by atoms with van der Waals surface area (Å²) in [5.74, 6) is 0. The molecule has 0 heterocycles. The van der Waals surface area contributed by atoms with Gasteiger partial charge in [-0.3, -0.25) is 0 Å². The van der Waals surface area contributed by atoms with Gasteiger partial charge in [0.25, 0.3) is 0 Å². The Bertz CT molecular complexity index is 310. The molecule has 0 radical (unpaired) electrons. The van der Waals surface area contributed by atoms with E-state index in [9.17, 15) is 0 Å². The molecule has 3 heteroatoms. The first-order chi connectivity index (χ1) is 7.15. The fourth-order valence-corrected chi connectivity index (χ4v) is 1.80. The van der Waals surface area contributed by atoms with Gasteiger partial charge in [-0.05, 0) is 30.7 Å². The molecule has 0 saturated carbocycles. The Balaban J connectivity index is 2.65. The van der Waals surface area contributed by atoms with Crippen molar-refractivity contribution in [1.82, 2.24) is 5.32 Å². The average molecular weight is 227 g/mol. The Morgan fingerprint density at radius 1 is 1.33 bits per heavy atom. The van der Waals surface area contributed by atoms with E-state index in [1.807, 2.05) is 25.1 Å². The van der Waals surface area contributed by atoms with Crippen LogP contribution in [0.15, 0.2) is 18.2 Å². The molecule has 0 spiro atoms. The maximum Gasteiger partial charge on any atom is 0.0642 e. The molecule has 0 unspecified atom stereocenters. The van der Waals surface area contributed by atoms with Crippen LogP contribution < -0.4 is 10.2 Å². The maximum absolute atomic E-state index is 6.17. The standard InChI is InChI=1S/C12H19ClN2/c1-4-7-14-9-10-5-6-12(15(2)3)11(13)8-10/h5-6,8,14H,4,7,9H2,1-3H3. The van der Waals surface area contributed by atoms with Crippen molar-refractivity contribution in [2.45, 2.75) is 19.9 Å². The lowest BCUT2D eigenvalue weighted by atomic mass is 10.2. The van der Waals surface area contributed by atoms with Crippen LogP contribution in [0.1, 0.15) is 18.9 Å². The number of nitrogens with zero attached hydrogens (tertiary/aromatic N) is 1. The largest absolute Gasteiger partial charge is 0.376 e. The first-order valence-corrected chi connectivity index (χ1v) is 5.69. The Kier molecular flexibility index (Phi) is 4.92. The average Bonchev–Trinajstić information content (AvgIpc) is 2.17. The third-order valence-corrected chi connectivity index (χ3v) is 2.55. The van der Waals surface area contributed by atoms with E-state index in [2.05, 4.69) is 24.4 Å². The van der Waals surface area contributed by atoms with Gasteiger partial charge in [0.15, 0.2) is 0 Å². The summed E-state index contributed by atoms with van der Waals surface area (Å²) < 4.78 is 0. The molecule has 0 aliphatic carbocycles. The van der Waals surface area contributed by atoms with Gasteiger partial charge in [0.2, 0.25) is 0 Å². The van der Waals surface area contributed by atoms with Crippen LogP contribution in [0.5, 0.6) is 0 Å². The molecule has 1 rings (SSSR count). The van der Waals surface area contributed by atoms with Crippen LogP contribution in [0.4, 0.5) is 5.69 Å². The molecule has 0 amide bonds. The van der Waals surface area contributed by atoms with Crippen molar-refractivity contribution in [2.24, 2.45) is 0 Å². The van der Waals surface area contributed by atoms with Crippen molar-refractivity contribution in [3.63, 3.8) is 0 Å². The number of rotatable bonds is 5. The summed E-state index contributed by atoms with van der Waals surface area (Å²) in [7, 11) is 3.99. The van der Waals surface area contributed by atoms with Gasteiger partial charge >= 0.3 is 0 Å². The molecule has 0 bridgehead atoms. The van der Waals surface area contributed by atoms with E-state index in [1.54, 1.807) is 0 Å². The molecule has 0 aliphatic rings. The number of anilines is 1. The molecule has 2 nitrogen and oxygen atoms in total. The Morgan fingerprint density at radius 3 is 2.60 bits per heavy atom. The Morgan fingerprint density at radius 2 is 2.07 bits per heavy atom. The van der Waals surface area contributed by atoms with Crippen molar-refractivity contribution < 1.29 is 0 Å². The van der Waals surface area contributed by atoms with E-state index in [-0.39, 0.29) is 0 Å². The van der Waals surface area contributed by atoms with Gasteiger partial charge in [0.05, 0.1) is 10.7 Å². The van der Waals surface area contributed by atoms with Gasteiger partial charge in [-0.1, -0.05) is 24.6 Å². The zero-order valence-corrected chi connectivity index (χ0v) is 10.4. The predicted molar refractivity (Wildman–Crippen MR) is 67.8 cm³/mol. The molecule has 0 aliphatic heterocycles. The second-order valence-corrected chi connectivity index (χ2v) is 4.26. The van der Waals surface area contributed by atoms with Crippen LogP contribution >= 0.6 is 11.6 Å². The summed E-state index contributed by atoms with van der Waals surface area (Å²) in [4.78, 5) is 2.02. The molecule has 0 saturated heterocycles. The second-order valence-electron chi connectivity index (χ2n) is 3.86. The highest BCUT2D eigenvalue weighted by Crippen LogP contribution is 2.24. The van der Waals surface area contributed by atoms with Crippen molar-refractivity contribution in [3.05, 3.63) is 28.8 Å². The van der Waals surface area contributed by atoms with Crippen LogP contribution in [0.3, 0.4) is 0 Å². The minimum absolute atomic E-state index is 0.816. The van der Waals surface area contributed by atoms with Gasteiger partial charge in [0.1, 0.15) is 0 Å². The van der Waals surface area contributed by atoms with Gasteiger partial charge in [-0.15, -0.1) is 0 Å². The SMILES string of the molecule is CCCNCc1ccc(N(C)C)c(Cl)c1. The smallest absolute Gasteiger partial charge is 0.0642 e. The summed E-state index contributed by atoms with van der Waals surface area (Å²) in [5, 5.41) is 4.17. The van der Waals surface area contributed by atoms with Crippen molar-refractivity contribution >= 4 is 17.3 Å². The zero-order chi connectivity index (χ0) is 11.3. The number of hydrogen-bond donors (Lipinski definition) is 1. The highest BCUT2D eigenvalue weighted by molar-refractivity contribution is 6.33. The third kappa shape index (κ3) is 3.73. The van der Waals surface area contributed by atoms with E-state index in [0.29, 0.717) is 0 Å². The lowest BCUT2D eigenvalue weighted by molar-refractivity contribution is 0.675. The Hall–Kier alpha value is -0.730. The molecular weight excluding hydrogens is 208 g/mol. The van der Waals surface area contributed by atoms with Gasteiger partial charge in [0, 0.05) is 20.6 Å². The lowest BCUT2D eigenvalue weighted by Crippen LogP contribution is -2.14. The van der Waals surface area contributed by atoms with Crippen LogP contribution in [-0.2, 0) is 6.54 Å². The summed E-state index contributed by atoms with van der Waals surface area (Å²) in [5.41, 5.74) is 2.30. The number of benzene rings is 1. The monoisotopic (exact) mass is 226 g/mol. The lowest BCUT2D eigenvalue weighted by Gasteiger charge is -2.15. The first-order valence-electron chi connectivity index (χ1n) is 5.31. The van der Waals surface area contributed by atoms with Crippen LogP contribution in [0, 0.1) is 0 Å². The molecule has 1 N–H and O–H groups in total. The zero-order valence-electron chi connectivity index (χ0n) is 9.68. The van der Waals surface area contributed by atoms with Gasteiger partial charge in [-0.25, -0.2) is 0 Å². The molecule has 0 atom stereocenters. The van der Waals surface area contributed by atoms with E-state index >= 15 is 0 Å². The first kappa shape index (κ1) is 12.3. The van der Waals surface area contributed by atoms with Crippen molar-refractivity contribution in [1.29, 1.82) is 0 Å². The molecule has 1 aromatic carbocycles. The molecule has 84 valence electrons. The predicted octanol–water partition coefficient (Wildman–Crippen LogP) is 2.91. The highest BCUT2D eigenvalue weighted by atomic mass is 35.5. The Labute approximate surface area is 97.2 Å². The van der Waals surface area contributed by atoms with Gasteiger partial charge in [-0.2, -0.15) is 0 Å². The van der Waals surface area contributed by atoms with Crippen LogP contribution in [-0.4, -0.2) is 20.6 Å². The summed E-state index contributed by atoms with van der Waals surface area (Å²) in [6.45, 7) is 4.10. The second kappa shape index (κ2) is 5.99. The minimum atomic E-state index is 0.816. The number of nitrogens with one attached hydrogen (secondary N) is 1. The molecule has 0 fully saturated rings. The van der Waals surface area contributed by atoms with E-state index in [0.717, 1.165) is 30.2 Å². The molecule has 0 aromatic heterocycles. The molecule has 1 aromatic rings. The summed E-state index contributed by atoms with van der Waals surface area (Å²) in [6, 6.07) is 6.20. The van der Waals surface area contributed by atoms with Gasteiger partial charge < -0.3 is 10.2 Å². The summed E-state index contributed by atoms with van der Waals surface area (Å²) >= 11 is 6.17. The van der Waals surface area contributed by atoms with E-state index in [4.69, 9.17) is 11.6 Å². The third-order valence-electron chi connectivity index (χ3n) is 2.25. The van der Waals surface area contributed by atoms with Crippen molar-refractivity contribution in [3.8, 4) is 0 Å². The van der Waals surface area contributed by atoms with Crippen molar-refractivity contribution in [2.75, 3.05) is 25.5 Å². The topological polar surface area (TPSA) is 15.3 Å². The number of halogens is 1. The van der Waals surface area contributed by atoms with Crippen LogP contribution in [0.25, 0.3) is 0 Å². The number of hydrogen-bond acceptors (Lipinski definition) is 2. The molecular formula is C12H19ClN2. The highest BCUT2D eigenvalue weighted by Gasteiger charge is 2.02. The van der Waals surface area contributed by atoms with E-state index in [1.165, 1.54) is 5.56 Å². The normalized spacial score (nSPS) is 10.4. The molecule has 15 heavy (non-hydrogen) atoms. The summed E-state index contributed by atoms with van der Waals surface area (Å²) in [6.07, 6.45) is 1.16. The fourth-order valence-electron chi connectivity index (χ4n) is 1.43. The fraction of sp³-hybridized carbons (Fsp3) is 0.500. The maximum atomic E-state index is 6.17. The quantitative estimate of drug-likeness (QED) is 0.777.